The van der Waals surface area contributed by atoms with Crippen LogP contribution in [0.4, 0.5) is 5.69 Å². The predicted octanol–water partition coefficient (Wildman–Crippen LogP) is -1.35. The Bertz CT molecular complexity index is 517. The van der Waals surface area contributed by atoms with Crippen molar-refractivity contribution in [2.45, 2.75) is 0 Å². The molecule has 0 unspecified atom stereocenters. The third-order valence-electron chi connectivity index (χ3n) is 2.13. The van der Waals surface area contributed by atoms with Gasteiger partial charge in [-0.15, -0.1) is 0 Å². The van der Waals surface area contributed by atoms with E-state index < -0.39 is 15.9 Å². The Kier molecular flexibility index (Phi) is 5.01. The number of carbonyl (C=O) groups is 1. The molecule has 9 heteroatoms. The topological polar surface area (TPSA) is 126 Å². The van der Waals surface area contributed by atoms with Crippen molar-refractivity contribution in [1.29, 1.82) is 0 Å². The number of hydrogen-bond donors (Lipinski definition) is 4. The number of nitrogens with one attached hydrogen (secondary N) is 3. The van der Waals surface area contributed by atoms with Crippen LogP contribution in [0.1, 0.15) is 10.5 Å². The number of anilines is 1. The minimum Gasteiger partial charge on any atom is -0.350 e. The van der Waals surface area contributed by atoms with Crippen molar-refractivity contribution in [3.63, 3.8) is 0 Å². The van der Waals surface area contributed by atoms with Crippen molar-refractivity contribution in [2.75, 3.05) is 24.8 Å². The first-order valence-corrected chi connectivity index (χ1v) is 6.76. The number of hydrogen-bond acceptors (Lipinski definition) is 6. The van der Waals surface area contributed by atoms with E-state index in [1.165, 1.54) is 19.3 Å². The van der Waals surface area contributed by atoms with E-state index in [9.17, 15) is 13.2 Å². The number of carbonyl (C=O) groups excluding carboxylic acids is 1. The second-order valence-corrected chi connectivity index (χ2v) is 5.40. The SMILES string of the molecule is CNS(=O)(=O)CCNC(=O)c1cc(NN)ccn1. The van der Waals surface area contributed by atoms with Crippen LogP contribution in [-0.4, -0.2) is 38.7 Å². The van der Waals surface area contributed by atoms with Gasteiger partial charge in [-0.1, -0.05) is 0 Å². The molecule has 0 atom stereocenters. The Morgan fingerprint density at radius 2 is 2.22 bits per heavy atom. The maximum absolute atomic E-state index is 11.6. The van der Waals surface area contributed by atoms with Gasteiger partial charge in [-0.2, -0.15) is 0 Å². The van der Waals surface area contributed by atoms with Gasteiger partial charge in [0.25, 0.3) is 5.91 Å². The van der Waals surface area contributed by atoms with Gasteiger partial charge >= 0.3 is 0 Å². The molecule has 5 N–H and O–H groups in total. The zero-order chi connectivity index (χ0) is 13.6. The Labute approximate surface area is 105 Å². The summed E-state index contributed by atoms with van der Waals surface area (Å²) >= 11 is 0. The fraction of sp³-hybridized carbons (Fsp3) is 0.333. The van der Waals surface area contributed by atoms with Gasteiger partial charge in [0.05, 0.1) is 11.4 Å². The first-order chi connectivity index (χ1) is 8.48. The molecule has 0 aliphatic carbocycles. The summed E-state index contributed by atoms with van der Waals surface area (Å²) in [4.78, 5) is 15.5. The maximum Gasteiger partial charge on any atom is 0.269 e. The molecule has 0 bridgehead atoms. The fourth-order valence-corrected chi connectivity index (χ4v) is 1.71. The van der Waals surface area contributed by atoms with Crippen molar-refractivity contribution >= 4 is 21.6 Å². The molecule has 0 saturated heterocycles. The van der Waals surface area contributed by atoms with Gasteiger partial charge in [0.1, 0.15) is 5.69 Å². The lowest BCUT2D eigenvalue weighted by Crippen LogP contribution is -2.33. The smallest absolute Gasteiger partial charge is 0.269 e. The molecule has 0 spiro atoms. The molecule has 0 radical (unpaired) electrons. The van der Waals surface area contributed by atoms with E-state index in [0.717, 1.165) is 0 Å². The summed E-state index contributed by atoms with van der Waals surface area (Å²) in [7, 11) is -2.01. The molecule has 0 fully saturated rings. The van der Waals surface area contributed by atoms with E-state index in [4.69, 9.17) is 5.84 Å². The molecule has 0 saturated carbocycles. The Hall–Kier alpha value is -1.71. The lowest BCUT2D eigenvalue weighted by atomic mass is 10.3. The molecule has 0 aromatic carbocycles. The number of nitrogens with two attached hydrogens (primary N) is 1. The number of nitrogen functional groups attached to an aromatic ring is 1. The molecular formula is C9H15N5O3S. The molecule has 1 aromatic rings. The lowest BCUT2D eigenvalue weighted by molar-refractivity contribution is 0.0951. The normalized spacial score (nSPS) is 11.0. The predicted molar refractivity (Wildman–Crippen MR) is 67.2 cm³/mol. The molecular weight excluding hydrogens is 258 g/mol. The lowest BCUT2D eigenvalue weighted by Gasteiger charge is -2.06. The minimum atomic E-state index is -3.33. The number of amides is 1. The van der Waals surface area contributed by atoms with Gasteiger partial charge in [-0.05, 0) is 19.2 Å². The van der Waals surface area contributed by atoms with E-state index in [-0.39, 0.29) is 18.0 Å². The molecule has 0 aliphatic heterocycles. The highest BCUT2D eigenvalue weighted by Crippen LogP contribution is 2.05. The standard InChI is InChI=1S/C9H15N5O3S/c1-11-18(16,17)5-4-13-9(15)8-6-7(14-10)2-3-12-8/h2-3,6,11H,4-5,10H2,1H3,(H,12,14)(H,13,15). The van der Waals surface area contributed by atoms with E-state index >= 15 is 0 Å². The summed E-state index contributed by atoms with van der Waals surface area (Å²) in [6.07, 6.45) is 1.43. The Morgan fingerprint density at radius 1 is 1.50 bits per heavy atom. The second-order valence-electron chi connectivity index (χ2n) is 3.35. The Morgan fingerprint density at radius 3 is 2.83 bits per heavy atom. The molecule has 1 heterocycles. The quantitative estimate of drug-likeness (QED) is 0.375. The molecule has 100 valence electrons. The third-order valence-corrected chi connectivity index (χ3v) is 3.49. The van der Waals surface area contributed by atoms with E-state index in [0.29, 0.717) is 5.69 Å². The monoisotopic (exact) mass is 273 g/mol. The van der Waals surface area contributed by atoms with E-state index in [1.54, 1.807) is 6.07 Å². The van der Waals surface area contributed by atoms with Gasteiger partial charge in [0.2, 0.25) is 10.0 Å². The summed E-state index contributed by atoms with van der Waals surface area (Å²) in [5.41, 5.74) is 3.09. The second kappa shape index (κ2) is 6.28. The molecule has 0 aliphatic rings. The van der Waals surface area contributed by atoms with Crippen LogP contribution < -0.4 is 21.3 Å². The number of sulfonamides is 1. The van der Waals surface area contributed by atoms with Gasteiger partial charge in [-0.25, -0.2) is 13.1 Å². The zero-order valence-electron chi connectivity index (χ0n) is 9.80. The fourth-order valence-electron chi connectivity index (χ4n) is 1.14. The highest BCUT2D eigenvalue weighted by molar-refractivity contribution is 7.89. The first-order valence-electron chi connectivity index (χ1n) is 5.10. The minimum absolute atomic E-state index is 0.00394. The third kappa shape index (κ3) is 4.28. The van der Waals surface area contributed by atoms with Crippen molar-refractivity contribution in [3.05, 3.63) is 24.0 Å². The van der Waals surface area contributed by atoms with Crippen molar-refractivity contribution in [1.82, 2.24) is 15.0 Å². The van der Waals surface area contributed by atoms with Crippen molar-refractivity contribution in [2.24, 2.45) is 5.84 Å². The summed E-state index contributed by atoms with van der Waals surface area (Å²) in [5, 5.41) is 2.45. The number of pyridine rings is 1. The summed E-state index contributed by atoms with van der Waals surface area (Å²) < 4.78 is 24.4. The highest BCUT2D eigenvalue weighted by Gasteiger charge is 2.10. The van der Waals surface area contributed by atoms with Crippen LogP contribution in [0.25, 0.3) is 0 Å². The summed E-state index contributed by atoms with van der Waals surface area (Å²) in [6, 6.07) is 3.06. The maximum atomic E-state index is 11.6. The number of nitrogens with zero attached hydrogens (tertiary/aromatic N) is 1. The van der Waals surface area contributed by atoms with E-state index in [1.807, 2.05) is 0 Å². The van der Waals surface area contributed by atoms with Gasteiger partial charge in [0.15, 0.2) is 0 Å². The van der Waals surface area contributed by atoms with Gasteiger partial charge in [-0.3, -0.25) is 15.6 Å². The van der Waals surface area contributed by atoms with Crippen LogP contribution in [-0.2, 0) is 10.0 Å². The Balaban J connectivity index is 2.55. The largest absolute Gasteiger partial charge is 0.350 e. The average Bonchev–Trinajstić information content (AvgIpc) is 2.38. The van der Waals surface area contributed by atoms with Crippen LogP contribution >= 0.6 is 0 Å². The van der Waals surface area contributed by atoms with E-state index in [2.05, 4.69) is 20.4 Å². The molecule has 1 amide bonds. The molecule has 8 nitrogen and oxygen atoms in total. The molecule has 1 aromatic heterocycles. The zero-order valence-corrected chi connectivity index (χ0v) is 10.6. The highest BCUT2D eigenvalue weighted by atomic mass is 32.2. The van der Waals surface area contributed by atoms with Gasteiger partial charge in [0, 0.05) is 12.7 Å². The number of hydrazine groups is 1. The summed E-state index contributed by atoms with van der Waals surface area (Å²) in [6.45, 7) is 0.00394. The van der Waals surface area contributed by atoms with Crippen LogP contribution in [0.3, 0.4) is 0 Å². The van der Waals surface area contributed by atoms with Crippen molar-refractivity contribution < 1.29 is 13.2 Å². The van der Waals surface area contributed by atoms with Crippen molar-refractivity contribution in [3.8, 4) is 0 Å². The molecule has 18 heavy (non-hydrogen) atoms. The number of rotatable bonds is 6. The van der Waals surface area contributed by atoms with Gasteiger partial charge < -0.3 is 10.7 Å². The van der Waals surface area contributed by atoms with Crippen LogP contribution in [0.5, 0.6) is 0 Å². The number of aromatic nitrogens is 1. The molecule has 1 rings (SSSR count). The van der Waals surface area contributed by atoms with Crippen LogP contribution in [0.2, 0.25) is 0 Å². The first kappa shape index (κ1) is 14.4. The van der Waals surface area contributed by atoms with Crippen LogP contribution in [0.15, 0.2) is 18.3 Å². The summed E-state index contributed by atoms with van der Waals surface area (Å²) in [5.74, 6) is 4.55. The van der Waals surface area contributed by atoms with Crippen LogP contribution in [0, 0.1) is 0 Å². The average molecular weight is 273 g/mol.